The lowest BCUT2D eigenvalue weighted by Crippen LogP contribution is -2.33. The van der Waals surface area contributed by atoms with Crippen LogP contribution in [0.3, 0.4) is 0 Å². The summed E-state index contributed by atoms with van der Waals surface area (Å²) < 4.78 is 5.15. The van der Waals surface area contributed by atoms with Crippen LogP contribution in [0.25, 0.3) is 0 Å². The third kappa shape index (κ3) is 4.03. The molecule has 8 heteroatoms. The molecule has 0 spiro atoms. The molecule has 0 saturated heterocycles. The number of fused-ring (bicyclic) bond motifs is 2. The number of rotatable bonds is 9. The molecular weight excluding hydrogens is 412 g/mol. The highest BCUT2D eigenvalue weighted by Crippen LogP contribution is 2.23. The van der Waals surface area contributed by atoms with E-state index in [-0.39, 0.29) is 43.2 Å². The monoisotopic (exact) mass is 434 g/mol. The fraction of sp³-hybridized carbons (Fsp3) is 0.292. The maximum Gasteiger partial charge on any atom is 0.305 e. The number of imide groups is 2. The minimum Gasteiger partial charge on any atom is -0.464 e. The molecule has 0 fully saturated rings. The minimum absolute atomic E-state index is 0.0117. The molecule has 2 heterocycles. The third-order valence-corrected chi connectivity index (χ3v) is 5.60. The van der Waals surface area contributed by atoms with Crippen molar-refractivity contribution < 1.29 is 28.7 Å². The summed E-state index contributed by atoms with van der Waals surface area (Å²) in [5.41, 5.74) is 1.59. The summed E-state index contributed by atoms with van der Waals surface area (Å²) in [6, 6.07) is 13.3. The highest BCUT2D eigenvalue weighted by atomic mass is 16.5. The van der Waals surface area contributed by atoms with Gasteiger partial charge in [0.15, 0.2) is 0 Å². The van der Waals surface area contributed by atoms with Crippen LogP contribution in [0.4, 0.5) is 0 Å². The summed E-state index contributed by atoms with van der Waals surface area (Å²) in [4.78, 5) is 63.4. The standard InChI is InChI=1S/C24H22N2O6/c27-20(32-15-14-26-23(30)18-10-5-6-11-19(18)24(26)31)12-2-1-7-13-25-21(28)16-8-3-4-9-17(16)22(25)29/h3-6,8-11H,1-2,7,12-15H2. The SMILES string of the molecule is O=C(CCCCCN1C(=O)c2ccccc2C1=O)OCCN1C(=O)c2ccccc2C1=O. The normalized spacial score (nSPS) is 14.8. The number of ether oxygens (including phenoxy) is 1. The summed E-state index contributed by atoms with van der Waals surface area (Å²) in [5, 5.41) is 0. The molecule has 0 saturated carbocycles. The summed E-state index contributed by atoms with van der Waals surface area (Å²) in [6.07, 6.45) is 1.98. The lowest BCUT2D eigenvalue weighted by Gasteiger charge is -2.14. The van der Waals surface area contributed by atoms with Gasteiger partial charge in [-0.2, -0.15) is 0 Å². The first-order valence-corrected chi connectivity index (χ1v) is 10.5. The number of hydrogen-bond donors (Lipinski definition) is 0. The van der Waals surface area contributed by atoms with Crippen molar-refractivity contribution in [2.45, 2.75) is 25.7 Å². The summed E-state index contributed by atoms with van der Waals surface area (Å²) in [5.74, 6) is -1.73. The second-order valence-corrected chi connectivity index (χ2v) is 7.65. The molecule has 4 rings (SSSR count). The van der Waals surface area contributed by atoms with Gasteiger partial charge in [0.05, 0.1) is 28.8 Å². The zero-order valence-corrected chi connectivity index (χ0v) is 17.4. The molecule has 8 nitrogen and oxygen atoms in total. The highest BCUT2D eigenvalue weighted by molar-refractivity contribution is 6.22. The van der Waals surface area contributed by atoms with Gasteiger partial charge in [0, 0.05) is 13.0 Å². The van der Waals surface area contributed by atoms with Gasteiger partial charge < -0.3 is 4.74 Å². The number of nitrogens with zero attached hydrogens (tertiary/aromatic N) is 2. The Hall–Kier alpha value is -3.81. The van der Waals surface area contributed by atoms with E-state index in [0.717, 1.165) is 4.90 Å². The molecule has 0 radical (unpaired) electrons. The van der Waals surface area contributed by atoms with E-state index in [4.69, 9.17) is 4.74 Å². The predicted molar refractivity (Wildman–Crippen MR) is 113 cm³/mol. The number of carbonyl (C=O) groups excluding carboxylic acids is 5. The molecule has 0 bridgehead atoms. The van der Waals surface area contributed by atoms with Gasteiger partial charge >= 0.3 is 5.97 Å². The van der Waals surface area contributed by atoms with Crippen LogP contribution in [0.1, 0.15) is 67.1 Å². The van der Waals surface area contributed by atoms with Crippen LogP contribution >= 0.6 is 0 Å². The number of hydrogen-bond acceptors (Lipinski definition) is 6. The molecule has 0 aliphatic carbocycles. The average Bonchev–Trinajstić information content (AvgIpc) is 3.19. The van der Waals surface area contributed by atoms with Crippen molar-refractivity contribution >= 4 is 29.6 Å². The second kappa shape index (κ2) is 9.13. The van der Waals surface area contributed by atoms with E-state index in [0.29, 0.717) is 48.1 Å². The fourth-order valence-electron chi connectivity index (χ4n) is 3.92. The van der Waals surface area contributed by atoms with Crippen molar-refractivity contribution in [3.8, 4) is 0 Å². The Labute approximate surface area is 184 Å². The molecule has 0 aromatic heterocycles. The largest absolute Gasteiger partial charge is 0.464 e. The van der Waals surface area contributed by atoms with Crippen molar-refractivity contribution in [1.82, 2.24) is 9.80 Å². The van der Waals surface area contributed by atoms with Gasteiger partial charge in [-0.05, 0) is 37.1 Å². The van der Waals surface area contributed by atoms with Gasteiger partial charge in [-0.25, -0.2) is 0 Å². The van der Waals surface area contributed by atoms with Crippen molar-refractivity contribution in [2.24, 2.45) is 0 Å². The molecule has 32 heavy (non-hydrogen) atoms. The minimum atomic E-state index is -0.415. The van der Waals surface area contributed by atoms with Gasteiger partial charge in [-0.15, -0.1) is 0 Å². The van der Waals surface area contributed by atoms with Gasteiger partial charge in [0.2, 0.25) is 0 Å². The highest BCUT2D eigenvalue weighted by Gasteiger charge is 2.35. The van der Waals surface area contributed by atoms with Crippen molar-refractivity contribution in [2.75, 3.05) is 19.7 Å². The Balaban J connectivity index is 1.13. The quantitative estimate of drug-likeness (QED) is 0.342. The number of carbonyl (C=O) groups is 5. The summed E-state index contributed by atoms with van der Waals surface area (Å²) >= 11 is 0. The van der Waals surface area contributed by atoms with E-state index in [9.17, 15) is 24.0 Å². The Kier molecular flexibility index (Phi) is 6.11. The van der Waals surface area contributed by atoms with E-state index in [2.05, 4.69) is 0 Å². The van der Waals surface area contributed by atoms with Crippen molar-refractivity contribution in [1.29, 1.82) is 0 Å². The maximum atomic E-state index is 12.3. The van der Waals surface area contributed by atoms with Gasteiger partial charge in [-0.1, -0.05) is 30.7 Å². The van der Waals surface area contributed by atoms with Gasteiger partial charge in [0.25, 0.3) is 23.6 Å². The van der Waals surface area contributed by atoms with Crippen LogP contribution in [0.5, 0.6) is 0 Å². The van der Waals surface area contributed by atoms with E-state index in [1.807, 2.05) is 0 Å². The van der Waals surface area contributed by atoms with Crippen LogP contribution in [0, 0.1) is 0 Å². The fourth-order valence-corrected chi connectivity index (χ4v) is 3.92. The molecule has 0 N–H and O–H groups in total. The summed E-state index contributed by atoms with van der Waals surface area (Å²) in [6.45, 7) is 0.262. The zero-order valence-electron chi connectivity index (χ0n) is 17.4. The molecular formula is C24H22N2O6. The Bertz CT molecular complexity index is 1040. The Morgan fingerprint density at radius 3 is 1.53 bits per heavy atom. The predicted octanol–water partition coefficient (Wildman–Crippen LogP) is 2.68. The Morgan fingerprint density at radius 1 is 0.625 bits per heavy atom. The van der Waals surface area contributed by atoms with E-state index in [1.165, 1.54) is 4.90 Å². The molecule has 0 unspecified atom stereocenters. The van der Waals surface area contributed by atoms with Gasteiger partial charge in [0.1, 0.15) is 6.61 Å². The lowest BCUT2D eigenvalue weighted by molar-refractivity contribution is -0.144. The van der Waals surface area contributed by atoms with E-state index >= 15 is 0 Å². The van der Waals surface area contributed by atoms with Crippen LogP contribution in [-0.4, -0.2) is 59.1 Å². The van der Waals surface area contributed by atoms with Crippen molar-refractivity contribution in [3.63, 3.8) is 0 Å². The van der Waals surface area contributed by atoms with Crippen LogP contribution in [0.2, 0.25) is 0 Å². The van der Waals surface area contributed by atoms with E-state index < -0.39 is 5.97 Å². The molecule has 164 valence electrons. The number of esters is 1. The van der Waals surface area contributed by atoms with Crippen LogP contribution < -0.4 is 0 Å². The first kappa shape index (κ1) is 21.4. The number of benzene rings is 2. The van der Waals surface area contributed by atoms with E-state index in [1.54, 1.807) is 48.5 Å². The molecule has 2 aromatic carbocycles. The number of unbranched alkanes of at least 4 members (excludes halogenated alkanes) is 2. The third-order valence-electron chi connectivity index (χ3n) is 5.60. The smallest absolute Gasteiger partial charge is 0.305 e. The Morgan fingerprint density at radius 2 is 1.06 bits per heavy atom. The van der Waals surface area contributed by atoms with Crippen molar-refractivity contribution in [3.05, 3.63) is 70.8 Å². The molecule has 2 aliphatic rings. The van der Waals surface area contributed by atoms with Crippen LogP contribution in [-0.2, 0) is 9.53 Å². The molecule has 4 amide bonds. The van der Waals surface area contributed by atoms with Crippen LogP contribution in [0.15, 0.2) is 48.5 Å². The maximum absolute atomic E-state index is 12.3. The lowest BCUT2D eigenvalue weighted by atomic mass is 10.1. The zero-order chi connectivity index (χ0) is 22.7. The molecule has 0 atom stereocenters. The average molecular weight is 434 g/mol. The first-order chi connectivity index (χ1) is 15.5. The summed E-state index contributed by atoms with van der Waals surface area (Å²) in [7, 11) is 0. The number of amides is 4. The second-order valence-electron chi connectivity index (χ2n) is 7.65. The molecule has 2 aromatic rings. The molecule has 2 aliphatic heterocycles. The first-order valence-electron chi connectivity index (χ1n) is 10.5. The van der Waals surface area contributed by atoms with Gasteiger partial charge in [-0.3, -0.25) is 33.8 Å². The topological polar surface area (TPSA) is 101 Å².